The van der Waals surface area contributed by atoms with Crippen LogP contribution in [0.5, 0.6) is 23.0 Å². The van der Waals surface area contributed by atoms with Crippen LogP contribution in [0.2, 0.25) is 0 Å². The molecular weight excluding hydrogens is 334 g/mol. The summed E-state index contributed by atoms with van der Waals surface area (Å²) in [6.07, 6.45) is 0.233. The van der Waals surface area contributed by atoms with Crippen molar-refractivity contribution in [3.05, 3.63) is 47.5 Å². The van der Waals surface area contributed by atoms with Gasteiger partial charge in [-0.1, -0.05) is 6.07 Å². The van der Waals surface area contributed by atoms with Gasteiger partial charge in [0.1, 0.15) is 11.5 Å². The van der Waals surface area contributed by atoms with E-state index in [4.69, 9.17) is 18.9 Å². The Morgan fingerprint density at radius 2 is 1.54 bits per heavy atom. The molecule has 2 aromatic carbocycles. The molecule has 0 bridgehead atoms. The second kappa shape index (κ2) is 8.99. The number of carbonyl (C=O) groups is 1. The fourth-order valence-electron chi connectivity index (χ4n) is 2.72. The zero-order valence-corrected chi connectivity index (χ0v) is 15.8. The lowest BCUT2D eigenvalue weighted by Gasteiger charge is -2.18. The van der Waals surface area contributed by atoms with E-state index in [1.165, 1.54) is 0 Å². The third kappa shape index (κ3) is 4.59. The Bertz CT molecular complexity index is 760. The van der Waals surface area contributed by atoms with Gasteiger partial charge < -0.3 is 24.3 Å². The first kappa shape index (κ1) is 19.4. The molecule has 140 valence electrons. The van der Waals surface area contributed by atoms with Crippen LogP contribution < -0.4 is 24.3 Å². The predicted molar refractivity (Wildman–Crippen MR) is 99.4 cm³/mol. The first-order valence-electron chi connectivity index (χ1n) is 8.24. The minimum atomic E-state index is -0.229. The van der Waals surface area contributed by atoms with Crippen molar-refractivity contribution >= 4 is 5.91 Å². The standard InChI is InChI=1S/C20H25NO5/c1-13(16-12-15(23-2)7-9-17(16)24-3)21-20(22)11-14-6-8-18(25-4)19(10-14)26-5/h6-10,12-13H,11H2,1-5H3,(H,21,22)/t13-/m0/s1. The number of nitrogens with one attached hydrogen (secondary N) is 1. The molecule has 0 heterocycles. The topological polar surface area (TPSA) is 66.0 Å². The van der Waals surface area contributed by atoms with E-state index in [1.807, 2.05) is 31.2 Å². The SMILES string of the molecule is COc1ccc(OC)c([C@H](C)NC(=O)Cc2ccc(OC)c(OC)c2)c1. The molecule has 1 N–H and O–H groups in total. The summed E-state index contributed by atoms with van der Waals surface area (Å²) in [5.41, 5.74) is 1.69. The minimum absolute atomic E-state index is 0.102. The van der Waals surface area contributed by atoms with Crippen molar-refractivity contribution in [2.45, 2.75) is 19.4 Å². The molecule has 0 unspecified atom stereocenters. The molecule has 6 nitrogen and oxygen atoms in total. The Kier molecular flexibility index (Phi) is 6.72. The number of rotatable bonds is 8. The fourth-order valence-corrected chi connectivity index (χ4v) is 2.72. The van der Waals surface area contributed by atoms with Crippen LogP contribution in [-0.2, 0) is 11.2 Å². The Hall–Kier alpha value is -2.89. The number of hydrogen-bond acceptors (Lipinski definition) is 5. The molecule has 26 heavy (non-hydrogen) atoms. The first-order valence-corrected chi connectivity index (χ1v) is 8.24. The van der Waals surface area contributed by atoms with E-state index >= 15 is 0 Å². The van der Waals surface area contributed by atoms with Gasteiger partial charge in [0.25, 0.3) is 0 Å². The Morgan fingerprint density at radius 1 is 0.885 bits per heavy atom. The highest BCUT2D eigenvalue weighted by molar-refractivity contribution is 5.79. The van der Waals surface area contributed by atoms with Gasteiger partial charge in [0.2, 0.25) is 5.91 Å². The summed E-state index contributed by atoms with van der Waals surface area (Å²) in [6, 6.07) is 10.7. The van der Waals surface area contributed by atoms with Crippen molar-refractivity contribution in [1.29, 1.82) is 0 Å². The van der Waals surface area contributed by atoms with Gasteiger partial charge in [-0.25, -0.2) is 0 Å². The normalized spacial score (nSPS) is 11.4. The van der Waals surface area contributed by atoms with Gasteiger partial charge in [0.15, 0.2) is 11.5 Å². The van der Waals surface area contributed by atoms with Gasteiger partial charge >= 0.3 is 0 Å². The van der Waals surface area contributed by atoms with E-state index in [9.17, 15) is 4.79 Å². The van der Waals surface area contributed by atoms with Crippen molar-refractivity contribution in [2.75, 3.05) is 28.4 Å². The molecule has 0 saturated heterocycles. The highest BCUT2D eigenvalue weighted by Crippen LogP contribution is 2.30. The Morgan fingerprint density at radius 3 is 2.15 bits per heavy atom. The molecule has 0 fully saturated rings. The molecule has 0 aliphatic heterocycles. The lowest BCUT2D eigenvalue weighted by molar-refractivity contribution is -0.121. The quantitative estimate of drug-likeness (QED) is 0.784. The predicted octanol–water partition coefficient (Wildman–Crippen LogP) is 3.14. The van der Waals surface area contributed by atoms with Crippen LogP contribution in [0.4, 0.5) is 0 Å². The minimum Gasteiger partial charge on any atom is -0.497 e. The van der Waals surface area contributed by atoms with Crippen molar-refractivity contribution < 1.29 is 23.7 Å². The summed E-state index contributed by atoms with van der Waals surface area (Å²) in [6.45, 7) is 1.91. The lowest BCUT2D eigenvalue weighted by Crippen LogP contribution is -2.28. The lowest BCUT2D eigenvalue weighted by atomic mass is 10.1. The van der Waals surface area contributed by atoms with Crippen molar-refractivity contribution in [1.82, 2.24) is 5.32 Å². The maximum atomic E-state index is 12.4. The van der Waals surface area contributed by atoms with E-state index < -0.39 is 0 Å². The summed E-state index contributed by atoms with van der Waals surface area (Å²) < 4.78 is 21.1. The summed E-state index contributed by atoms with van der Waals surface area (Å²) >= 11 is 0. The van der Waals surface area contributed by atoms with Gasteiger partial charge in [-0.2, -0.15) is 0 Å². The van der Waals surface area contributed by atoms with Crippen LogP contribution in [0, 0.1) is 0 Å². The van der Waals surface area contributed by atoms with Gasteiger partial charge in [0, 0.05) is 5.56 Å². The van der Waals surface area contributed by atoms with Crippen LogP contribution in [0.25, 0.3) is 0 Å². The summed E-state index contributed by atoms with van der Waals surface area (Å²) in [5.74, 6) is 2.53. The third-order valence-corrected chi connectivity index (χ3v) is 4.09. The van der Waals surface area contributed by atoms with Gasteiger partial charge in [-0.3, -0.25) is 4.79 Å². The Balaban J connectivity index is 2.10. The molecule has 2 rings (SSSR count). The van der Waals surface area contributed by atoms with Crippen molar-refractivity contribution in [3.8, 4) is 23.0 Å². The van der Waals surface area contributed by atoms with Crippen LogP contribution in [-0.4, -0.2) is 34.3 Å². The number of ether oxygens (including phenoxy) is 4. The summed E-state index contributed by atoms with van der Waals surface area (Å²) in [4.78, 5) is 12.4. The number of methoxy groups -OCH3 is 4. The molecular formula is C20H25NO5. The molecule has 0 aromatic heterocycles. The summed E-state index contributed by atoms with van der Waals surface area (Å²) in [5, 5.41) is 2.99. The smallest absolute Gasteiger partial charge is 0.224 e. The summed E-state index contributed by atoms with van der Waals surface area (Å²) in [7, 11) is 6.35. The third-order valence-electron chi connectivity index (χ3n) is 4.09. The highest BCUT2D eigenvalue weighted by atomic mass is 16.5. The largest absolute Gasteiger partial charge is 0.497 e. The number of amides is 1. The van der Waals surface area contributed by atoms with Crippen molar-refractivity contribution in [2.24, 2.45) is 0 Å². The molecule has 0 spiro atoms. The van der Waals surface area contributed by atoms with E-state index in [0.717, 1.165) is 11.1 Å². The molecule has 1 amide bonds. The van der Waals surface area contributed by atoms with E-state index in [-0.39, 0.29) is 18.4 Å². The second-order valence-electron chi connectivity index (χ2n) is 5.76. The fraction of sp³-hybridized carbons (Fsp3) is 0.350. The molecule has 2 aromatic rings. The number of benzene rings is 2. The molecule has 0 saturated carbocycles. The van der Waals surface area contributed by atoms with E-state index in [2.05, 4.69) is 5.32 Å². The van der Waals surface area contributed by atoms with E-state index in [0.29, 0.717) is 23.0 Å². The monoisotopic (exact) mass is 359 g/mol. The van der Waals surface area contributed by atoms with Gasteiger partial charge in [-0.15, -0.1) is 0 Å². The second-order valence-corrected chi connectivity index (χ2v) is 5.76. The van der Waals surface area contributed by atoms with E-state index in [1.54, 1.807) is 40.6 Å². The number of hydrogen-bond donors (Lipinski definition) is 1. The first-order chi connectivity index (χ1) is 12.5. The zero-order valence-electron chi connectivity index (χ0n) is 15.8. The van der Waals surface area contributed by atoms with Gasteiger partial charge in [0.05, 0.1) is 40.9 Å². The van der Waals surface area contributed by atoms with Crippen LogP contribution in [0.1, 0.15) is 24.1 Å². The van der Waals surface area contributed by atoms with Crippen molar-refractivity contribution in [3.63, 3.8) is 0 Å². The van der Waals surface area contributed by atoms with Gasteiger partial charge in [-0.05, 0) is 42.8 Å². The molecule has 1 atom stereocenters. The average molecular weight is 359 g/mol. The zero-order chi connectivity index (χ0) is 19.1. The molecule has 0 aliphatic carbocycles. The van der Waals surface area contributed by atoms with Crippen LogP contribution in [0.15, 0.2) is 36.4 Å². The highest BCUT2D eigenvalue weighted by Gasteiger charge is 2.16. The molecule has 0 aliphatic rings. The Labute approximate surface area is 154 Å². The van der Waals surface area contributed by atoms with Crippen LogP contribution in [0.3, 0.4) is 0 Å². The maximum absolute atomic E-state index is 12.4. The maximum Gasteiger partial charge on any atom is 0.224 e. The van der Waals surface area contributed by atoms with Crippen LogP contribution >= 0.6 is 0 Å². The molecule has 0 radical (unpaired) electrons. The average Bonchev–Trinajstić information content (AvgIpc) is 2.66. The number of carbonyl (C=O) groups excluding carboxylic acids is 1. The molecule has 6 heteroatoms.